The number of aliphatic hydroxyl groups is 1. The average molecular weight is 386 g/mol. The molecule has 1 atom stereocenters. The number of hydrogen-bond acceptors (Lipinski definition) is 6. The molecule has 0 aromatic carbocycles. The molecule has 0 aliphatic rings. The molecule has 1 heterocycles. The topological polar surface area (TPSA) is 92.7 Å². The fourth-order valence-electron chi connectivity index (χ4n) is 1.38. The monoisotopic (exact) mass is 385 g/mol. The van der Waals surface area contributed by atoms with E-state index in [1.165, 1.54) is 13.2 Å². The second-order valence-electron chi connectivity index (χ2n) is 4.39. The van der Waals surface area contributed by atoms with Crippen molar-refractivity contribution in [2.24, 2.45) is 5.92 Å². The van der Waals surface area contributed by atoms with Crippen LogP contribution in [-0.2, 0) is 14.8 Å². The van der Waals surface area contributed by atoms with Crippen LogP contribution in [0.2, 0.25) is 0 Å². The maximum absolute atomic E-state index is 12.3. The summed E-state index contributed by atoms with van der Waals surface area (Å²) in [4.78, 5) is 11.5. The summed E-state index contributed by atoms with van der Waals surface area (Å²) in [6, 6.07) is 0.658. The first kappa shape index (κ1) is 17.6. The van der Waals surface area contributed by atoms with E-state index in [9.17, 15) is 18.3 Å². The van der Waals surface area contributed by atoms with Gasteiger partial charge in [-0.25, -0.2) is 17.9 Å². The van der Waals surface area contributed by atoms with Gasteiger partial charge in [0.2, 0.25) is 10.0 Å². The number of halogens is 1. The molecule has 2 N–H and O–H groups in total. The number of carbonyl (C=O) groups is 1. The smallest absolute Gasteiger partial charge is 0.348 e. The van der Waals surface area contributed by atoms with Crippen molar-refractivity contribution in [2.75, 3.05) is 13.7 Å². The summed E-state index contributed by atoms with van der Waals surface area (Å²) in [5.41, 5.74) is 0. The second kappa shape index (κ2) is 6.99. The summed E-state index contributed by atoms with van der Waals surface area (Å²) in [5.74, 6) is -0.660. The third-order valence-electron chi connectivity index (χ3n) is 2.64. The van der Waals surface area contributed by atoms with Crippen molar-refractivity contribution in [1.29, 1.82) is 0 Å². The number of aliphatic hydroxyl groups excluding tert-OH is 1. The number of nitrogens with one attached hydrogen (secondary N) is 1. The van der Waals surface area contributed by atoms with Gasteiger partial charge in [0.25, 0.3) is 0 Å². The Labute approximate surface area is 130 Å². The van der Waals surface area contributed by atoms with Gasteiger partial charge in [-0.2, -0.15) is 0 Å². The van der Waals surface area contributed by atoms with Crippen LogP contribution in [0.1, 0.15) is 23.5 Å². The molecule has 0 bridgehead atoms. The number of hydrogen-bond donors (Lipinski definition) is 2. The van der Waals surface area contributed by atoms with Crippen molar-refractivity contribution in [3.8, 4) is 0 Å². The molecule has 9 heteroatoms. The second-order valence-corrected chi connectivity index (χ2v) is 8.45. The van der Waals surface area contributed by atoms with E-state index in [0.29, 0.717) is 3.79 Å². The zero-order valence-corrected chi connectivity index (χ0v) is 14.4. The molecule has 114 valence electrons. The quantitative estimate of drug-likeness (QED) is 0.725. The summed E-state index contributed by atoms with van der Waals surface area (Å²) in [7, 11) is -2.60. The highest BCUT2D eigenvalue weighted by atomic mass is 79.9. The summed E-state index contributed by atoms with van der Waals surface area (Å²) in [6.07, 6.45) is 0. The fraction of sp³-hybridized carbons (Fsp3) is 0.545. The van der Waals surface area contributed by atoms with Crippen LogP contribution in [0, 0.1) is 5.92 Å². The summed E-state index contributed by atoms with van der Waals surface area (Å²) < 4.78 is 31.8. The lowest BCUT2D eigenvalue weighted by atomic mass is 10.1. The first-order valence-electron chi connectivity index (χ1n) is 5.73. The molecular weight excluding hydrogens is 370 g/mol. The Kier molecular flexibility index (Phi) is 6.14. The van der Waals surface area contributed by atoms with Crippen LogP contribution >= 0.6 is 27.3 Å². The Hall–Kier alpha value is -0.480. The van der Waals surface area contributed by atoms with Gasteiger partial charge >= 0.3 is 5.97 Å². The molecule has 0 aliphatic carbocycles. The van der Waals surface area contributed by atoms with Crippen molar-refractivity contribution in [3.63, 3.8) is 0 Å². The molecule has 1 aromatic rings. The van der Waals surface area contributed by atoms with Crippen LogP contribution in [0.25, 0.3) is 0 Å². The summed E-state index contributed by atoms with van der Waals surface area (Å²) in [5, 5.41) is 9.20. The van der Waals surface area contributed by atoms with E-state index in [1.807, 2.05) is 0 Å². The maximum atomic E-state index is 12.3. The normalized spacial score (nSPS) is 13.5. The third-order valence-corrected chi connectivity index (χ3v) is 6.36. The van der Waals surface area contributed by atoms with Gasteiger partial charge in [0.1, 0.15) is 9.77 Å². The SMILES string of the molecule is COC(=O)c1cc(S(=O)(=O)N[C@H](CO)C(C)C)c(Br)s1. The van der Waals surface area contributed by atoms with E-state index in [0.717, 1.165) is 11.3 Å². The van der Waals surface area contributed by atoms with Crippen LogP contribution in [0.15, 0.2) is 14.7 Å². The molecular formula is C11H16BrNO5S2. The highest BCUT2D eigenvalue weighted by molar-refractivity contribution is 9.11. The molecule has 0 radical (unpaired) electrons. The molecule has 0 saturated heterocycles. The Morgan fingerprint density at radius 2 is 2.15 bits per heavy atom. The van der Waals surface area contributed by atoms with E-state index in [2.05, 4.69) is 25.4 Å². The number of sulfonamides is 1. The predicted octanol–water partition coefficient (Wildman–Crippen LogP) is 1.59. The minimum Gasteiger partial charge on any atom is -0.465 e. The van der Waals surface area contributed by atoms with Gasteiger partial charge in [-0.1, -0.05) is 13.8 Å². The lowest BCUT2D eigenvalue weighted by molar-refractivity contribution is 0.0606. The molecule has 0 amide bonds. The van der Waals surface area contributed by atoms with Crippen molar-refractivity contribution < 1.29 is 23.1 Å². The van der Waals surface area contributed by atoms with Crippen LogP contribution in [-0.4, -0.2) is 39.3 Å². The highest BCUT2D eigenvalue weighted by Crippen LogP contribution is 2.32. The largest absolute Gasteiger partial charge is 0.465 e. The standard InChI is InChI=1S/C11H16BrNO5S2/c1-6(2)7(5-14)13-20(16,17)9-4-8(11(15)18-3)19-10(9)12/h4,6-7,13-14H,5H2,1-3H3/t7-/m1/s1. The lowest BCUT2D eigenvalue weighted by Crippen LogP contribution is -2.41. The zero-order chi connectivity index (χ0) is 15.5. The number of carbonyl (C=O) groups excluding carboxylic acids is 1. The van der Waals surface area contributed by atoms with Crippen LogP contribution < -0.4 is 4.72 Å². The first-order chi connectivity index (χ1) is 9.22. The number of ether oxygens (including phenoxy) is 1. The van der Waals surface area contributed by atoms with E-state index in [-0.39, 0.29) is 22.3 Å². The Morgan fingerprint density at radius 1 is 1.55 bits per heavy atom. The molecule has 0 unspecified atom stereocenters. The summed E-state index contributed by atoms with van der Waals surface area (Å²) >= 11 is 4.11. The fourth-order valence-corrected chi connectivity index (χ4v) is 5.24. The summed E-state index contributed by atoms with van der Waals surface area (Å²) in [6.45, 7) is 3.29. The molecule has 0 saturated carbocycles. The lowest BCUT2D eigenvalue weighted by Gasteiger charge is -2.19. The van der Waals surface area contributed by atoms with E-state index in [1.54, 1.807) is 13.8 Å². The Bertz CT molecular complexity index is 582. The van der Waals surface area contributed by atoms with Gasteiger partial charge in [-0.3, -0.25) is 0 Å². The number of methoxy groups -OCH3 is 1. The Balaban J connectivity index is 3.10. The van der Waals surface area contributed by atoms with Crippen molar-refractivity contribution >= 4 is 43.3 Å². The average Bonchev–Trinajstić information content (AvgIpc) is 2.77. The van der Waals surface area contributed by atoms with E-state index < -0.39 is 22.0 Å². The van der Waals surface area contributed by atoms with Gasteiger partial charge < -0.3 is 9.84 Å². The Morgan fingerprint density at radius 3 is 2.60 bits per heavy atom. The van der Waals surface area contributed by atoms with Gasteiger partial charge in [0.05, 0.1) is 17.5 Å². The molecule has 1 aromatic heterocycles. The van der Waals surface area contributed by atoms with Crippen LogP contribution in [0.3, 0.4) is 0 Å². The van der Waals surface area contributed by atoms with Crippen LogP contribution in [0.5, 0.6) is 0 Å². The van der Waals surface area contributed by atoms with Gasteiger partial charge in [0.15, 0.2) is 0 Å². The van der Waals surface area contributed by atoms with E-state index in [4.69, 9.17) is 0 Å². The van der Waals surface area contributed by atoms with Crippen molar-refractivity contribution in [1.82, 2.24) is 4.72 Å². The molecule has 0 spiro atoms. The molecule has 6 nitrogen and oxygen atoms in total. The number of rotatable bonds is 6. The van der Waals surface area contributed by atoms with Crippen molar-refractivity contribution in [3.05, 3.63) is 14.7 Å². The maximum Gasteiger partial charge on any atom is 0.348 e. The minimum atomic E-state index is -3.82. The zero-order valence-electron chi connectivity index (χ0n) is 11.2. The van der Waals surface area contributed by atoms with E-state index >= 15 is 0 Å². The highest BCUT2D eigenvalue weighted by Gasteiger charge is 2.27. The number of esters is 1. The van der Waals surface area contributed by atoms with Gasteiger partial charge in [-0.15, -0.1) is 11.3 Å². The van der Waals surface area contributed by atoms with Gasteiger partial charge in [-0.05, 0) is 27.9 Å². The van der Waals surface area contributed by atoms with Gasteiger partial charge in [0, 0.05) is 6.04 Å². The third kappa shape index (κ3) is 4.01. The molecule has 0 fully saturated rings. The minimum absolute atomic E-state index is 0.0398. The van der Waals surface area contributed by atoms with Crippen LogP contribution in [0.4, 0.5) is 0 Å². The number of thiophene rings is 1. The molecule has 1 rings (SSSR count). The molecule has 20 heavy (non-hydrogen) atoms. The van der Waals surface area contributed by atoms with Crippen molar-refractivity contribution in [2.45, 2.75) is 24.8 Å². The molecule has 0 aliphatic heterocycles. The predicted molar refractivity (Wildman–Crippen MR) is 79.4 cm³/mol. The first-order valence-corrected chi connectivity index (χ1v) is 8.83.